The Labute approximate surface area is 119 Å². The maximum absolute atomic E-state index is 6.31. The van der Waals surface area contributed by atoms with Gasteiger partial charge in [-0.15, -0.1) is 0 Å². The van der Waals surface area contributed by atoms with Crippen LogP contribution in [0.2, 0.25) is 15.2 Å². The average molecular weight is 304 g/mol. The molecule has 1 aliphatic heterocycles. The molecule has 94 valence electrons. The lowest BCUT2D eigenvalue weighted by atomic mass is 10.2. The van der Waals surface area contributed by atoms with Crippen LogP contribution in [0.4, 0.5) is 0 Å². The third-order valence-electron chi connectivity index (χ3n) is 2.88. The van der Waals surface area contributed by atoms with Crippen molar-refractivity contribution in [2.24, 2.45) is 0 Å². The van der Waals surface area contributed by atoms with E-state index in [0.717, 1.165) is 23.4 Å². The van der Waals surface area contributed by atoms with Crippen molar-refractivity contribution in [1.29, 1.82) is 0 Å². The summed E-state index contributed by atoms with van der Waals surface area (Å²) in [5.74, 6) is 0. The van der Waals surface area contributed by atoms with Crippen LogP contribution in [0, 0.1) is 0 Å². The lowest BCUT2D eigenvalue weighted by Crippen LogP contribution is -2.08. The molecule has 2 aromatic rings. The zero-order valence-corrected chi connectivity index (χ0v) is 11.6. The van der Waals surface area contributed by atoms with Gasteiger partial charge in [0, 0.05) is 12.0 Å². The molecule has 2 heterocycles. The number of benzene rings is 1. The summed E-state index contributed by atoms with van der Waals surface area (Å²) in [5.41, 5.74) is 2.73. The maximum Gasteiger partial charge on any atom is 0.138 e. The standard InChI is InChI=1S/C12H9Cl3N2O/c13-9-2-1-7(5-10(9)14)17-12(15)8-6-18-4-3-11(8)16-17/h1-2,5H,3-4,6H2. The molecule has 6 heteroatoms. The van der Waals surface area contributed by atoms with E-state index in [4.69, 9.17) is 39.5 Å². The van der Waals surface area contributed by atoms with Crippen LogP contribution >= 0.6 is 34.8 Å². The van der Waals surface area contributed by atoms with Crippen LogP contribution in [-0.2, 0) is 17.8 Å². The van der Waals surface area contributed by atoms with Gasteiger partial charge in [-0.05, 0) is 18.2 Å². The van der Waals surface area contributed by atoms with E-state index in [9.17, 15) is 0 Å². The molecule has 1 aromatic heterocycles. The molecule has 0 saturated carbocycles. The highest BCUT2D eigenvalue weighted by atomic mass is 35.5. The largest absolute Gasteiger partial charge is 0.376 e. The molecule has 3 nitrogen and oxygen atoms in total. The molecule has 1 aliphatic rings. The van der Waals surface area contributed by atoms with Gasteiger partial charge in [0.25, 0.3) is 0 Å². The number of hydrogen-bond donors (Lipinski definition) is 0. The Kier molecular flexibility index (Phi) is 3.24. The molecule has 18 heavy (non-hydrogen) atoms. The molecular formula is C12H9Cl3N2O. The fourth-order valence-corrected chi connectivity index (χ4v) is 2.54. The Morgan fingerprint density at radius 2 is 2.00 bits per heavy atom. The summed E-state index contributed by atoms with van der Waals surface area (Å²) in [6, 6.07) is 5.31. The van der Waals surface area contributed by atoms with Crippen LogP contribution in [-0.4, -0.2) is 16.4 Å². The van der Waals surface area contributed by atoms with Gasteiger partial charge in [0.15, 0.2) is 0 Å². The van der Waals surface area contributed by atoms with E-state index in [1.54, 1.807) is 16.8 Å². The summed E-state index contributed by atoms with van der Waals surface area (Å²) >= 11 is 18.2. The fraction of sp³-hybridized carbons (Fsp3) is 0.250. The van der Waals surface area contributed by atoms with Crippen LogP contribution < -0.4 is 0 Å². The Morgan fingerprint density at radius 1 is 1.17 bits per heavy atom. The Balaban J connectivity index is 2.11. The predicted molar refractivity (Wildman–Crippen MR) is 72.0 cm³/mol. The first-order chi connectivity index (χ1) is 8.66. The summed E-state index contributed by atoms with van der Waals surface area (Å²) in [7, 11) is 0. The van der Waals surface area contributed by atoms with Crippen LogP contribution in [0.15, 0.2) is 18.2 Å². The van der Waals surface area contributed by atoms with Crippen LogP contribution in [0.3, 0.4) is 0 Å². The second-order valence-corrected chi connectivity index (χ2v) is 5.20. The number of ether oxygens (including phenoxy) is 1. The van der Waals surface area contributed by atoms with Crippen LogP contribution in [0.1, 0.15) is 11.3 Å². The molecule has 0 saturated heterocycles. The third-order valence-corrected chi connectivity index (χ3v) is 4.01. The second kappa shape index (κ2) is 4.74. The van der Waals surface area contributed by atoms with Gasteiger partial charge < -0.3 is 4.74 Å². The van der Waals surface area contributed by atoms with Crippen LogP contribution in [0.25, 0.3) is 5.69 Å². The van der Waals surface area contributed by atoms with Crippen molar-refractivity contribution in [3.05, 3.63) is 44.7 Å². The summed E-state index contributed by atoms with van der Waals surface area (Å²) in [5, 5.41) is 6.06. The predicted octanol–water partition coefficient (Wildman–Crippen LogP) is 3.91. The number of hydrogen-bond acceptors (Lipinski definition) is 2. The highest BCUT2D eigenvalue weighted by Gasteiger charge is 2.20. The number of nitrogens with zero attached hydrogens (tertiary/aromatic N) is 2. The van der Waals surface area contributed by atoms with Gasteiger partial charge in [-0.2, -0.15) is 5.10 Å². The number of aromatic nitrogens is 2. The maximum atomic E-state index is 6.31. The molecule has 0 fully saturated rings. The normalized spacial score (nSPS) is 14.6. The smallest absolute Gasteiger partial charge is 0.138 e. The van der Waals surface area contributed by atoms with Crippen molar-refractivity contribution in [1.82, 2.24) is 9.78 Å². The van der Waals surface area contributed by atoms with Crippen molar-refractivity contribution in [3.63, 3.8) is 0 Å². The molecule has 0 atom stereocenters. The van der Waals surface area contributed by atoms with E-state index < -0.39 is 0 Å². The molecule has 0 radical (unpaired) electrons. The first-order valence-electron chi connectivity index (χ1n) is 5.46. The second-order valence-electron chi connectivity index (χ2n) is 4.03. The van der Waals surface area contributed by atoms with Gasteiger partial charge in [-0.25, -0.2) is 4.68 Å². The SMILES string of the molecule is Clc1ccc(-n2nc3c(c2Cl)COCC3)cc1Cl. The quantitative estimate of drug-likeness (QED) is 0.799. The summed E-state index contributed by atoms with van der Waals surface area (Å²) < 4.78 is 7.05. The number of fused-ring (bicyclic) bond motifs is 1. The van der Waals surface area contributed by atoms with Gasteiger partial charge in [-0.1, -0.05) is 34.8 Å². The number of rotatable bonds is 1. The minimum Gasteiger partial charge on any atom is -0.376 e. The van der Waals surface area contributed by atoms with Gasteiger partial charge in [0.1, 0.15) is 5.15 Å². The summed E-state index contributed by atoms with van der Waals surface area (Å²) in [6.07, 6.45) is 0.781. The molecule has 0 aliphatic carbocycles. The van der Waals surface area contributed by atoms with Gasteiger partial charge in [-0.3, -0.25) is 0 Å². The average Bonchev–Trinajstić information content (AvgIpc) is 2.71. The molecular weight excluding hydrogens is 295 g/mol. The monoisotopic (exact) mass is 302 g/mol. The molecule has 0 bridgehead atoms. The Hall–Kier alpha value is -0.740. The Morgan fingerprint density at radius 3 is 2.72 bits per heavy atom. The Bertz CT molecular complexity index is 610. The topological polar surface area (TPSA) is 27.1 Å². The van der Waals surface area contributed by atoms with E-state index >= 15 is 0 Å². The van der Waals surface area contributed by atoms with Gasteiger partial charge in [0.05, 0.1) is 34.6 Å². The van der Waals surface area contributed by atoms with E-state index in [1.807, 2.05) is 6.07 Å². The van der Waals surface area contributed by atoms with Crippen LogP contribution in [0.5, 0.6) is 0 Å². The van der Waals surface area contributed by atoms with Crippen molar-refractivity contribution in [3.8, 4) is 5.69 Å². The van der Waals surface area contributed by atoms with E-state index in [-0.39, 0.29) is 0 Å². The van der Waals surface area contributed by atoms with Crippen molar-refractivity contribution >= 4 is 34.8 Å². The minimum atomic E-state index is 0.481. The highest BCUT2D eigenvalue weighted by molar-refractivity contribution is 6.42. The minimum absolute atomic E-state index is 0.481. The molecule has 3 rings (SSSR count). The molecule has 0 unspecified atom stereocenters. The molecule has 1 aromatic carbocycles. The lowest BCUT2D eigenvalue weighted by Gasteiger charge is -2.09. The van der Waals surface area contributed by atoms with E-state index in [0.29, 0.717) is 28.4 Å². The summed E-state index contributed by atoms with van der Waals surface area (Å²) in [6.45, 7) is 1.19. The van der Waals surface area contributed by atoms with Crippen molar-refractivity contribution in [2.75, 3.05) is 6.61 Å². The zero-order valence-electron chi connectivity index (χ0n) is 9.29. The zero-order chi connectivity index (χ0) is 12.7. The third kappa shape index (κ3) is 2.01. The highest BCUT2D eigenvalue weighted by Crippen LogP contribution is 2.30. The first kappa shape index (κ1) is 12.3. The van der Waals surface area contributed by atoms with E-state index in [2.05, 4.69) is 5.10 Å². The van der Waals surface area contributed by atoms with Crippen molar-refractivity contribution in [2.45, 2.75) is 13.0 Å². The molecule has 0 N–H and O–H groups in total. The van der Waals surface area contributed by atoms with E-state index in [1.165, 1.54) is 0 Å². The number of halogens is 3. The van der Waals surface area contributed by atoms with Crippen molar-refractivity contribution < 1.29 is 4.74 Å². The first-order valence-corrected chi connectivity index (χ1v) is 6.59. The molecule has 0 spiro atoms. The summed E-state index contributed by atoms with van der Waals surface area (Å²) in [4.78, 5) is 0. The van der Waals surface area contributed by atoms with Gasteiger partial charge in [0.2, 0.25) is 0 Å². The lowest BCUT2D eigenvalue weighted by molar-refractivity contribution is 0.110. The fourth-order valence-electron chi connectivity index (χ4n) is 1.95. The van der Waals surface area contributed by atoms with Gasteiger partial charge >= 0.3 is 0 Å². The molecule has 0 amide bonds.